The van der Waals surface area contributed by atoms with Gasteiger partial charge in [0.25, 0.3) is 0 Å². The van der Waals surface area contributed by atoms with Gasteiger partial charge in [-0.2, -0.15) is 4.31 Å². The SMILES string of the molecule is CCc1ccc(Cc2csc(N3CCN(S(=O)(=O)c4ccc(Br)cc4Cl)CC3)n2)cc1. The first-order valence-electron chi connectivity index (χ1n) is 10.1. The van der Waals surface area contributed by atoms with E-state index >= 15 is 0 Å². The first kappa shape index (κ1) is 22.7. The van der Waals surface area contributed by atoms with Crippen molar-refractivity contribution in [3.05, 3.63) is 74.2 Å². The smallest absolute Gasteiger partial charge is 0.244 e. The maximum Gasteiger partial charge on any atom is 0.244 e. The summed E-state index contributed by atoms with van der Waals surface area (Å²) in [5.74, 6) is 0. The highest BCUT2D eigenvalue weighted by Gasteiger charge is 2.30. The van der Waals surface area contributed by atoms with E-state index in [9.17, 15) is 8.42 Å². The first-order chi connectivity index (χ1) is 14.9. The van der Waals surface area contributed by atoms with Crippen molar-refractivity contribution in [3.63, 3.8) is 0 Å². The minimum atomic E-state index is -3.62. The molecule has 31 heavy (non-hydrogen) atoms. The molecule has 164 valence electrons. The Morgan fingerprint density at radius 1 is 1.06 bits per heavy atom. The number of hydrogen-bond acceptors (Lipinski definition) is 5. The van der Waals surface area contributed by atoms with Crippen LogP contribution in [0.15, 0.2) is 57.2 Å². The number of nitrogens with zero attached hydrogens (tertiary/aromatic N) is 3. The van der Waals surface area contributed by atoms with Crippen molar-refractivity contribution in [2.24, 2.45) is 0 Å². The van der Waals surface area contributed by atoms with Gasteiger partial charge in [-0.15, -0.1) is 11.3 Å². The van der Waals surface area contributed by atoms with Crippen LogP contribution in [0.3, 0.4) is 0 Å². The molecule has 1 aliphatic heterocycles. The van der Waals surface area contributed by atoms with E-state index in [1.54, 1.807) is 29.5 Å². The summed E-state index contributed by atoms with van der Waals surface area (Å²) < 4.78 is 28.3. The molecule has 0 saturated carbocycles. The zero-order valence-corrected chi connectivity index (χ0v) is 21.1. The highest BCUT2D eigenvalue weighted by Crippen LogP contribution is 2.29. The van der Waals surface area contributed by atoms with Crippen molar-refractivity contribution >= 4 is 54.0 Å². The topological polar surface area (TPSA) is 53.5 Å². The molecule has 9 heteroatoms. The highest BCUT2D eigenvalue weighted by atomic mass is 79.9. The van der Waals surface area contributed by atoms with Crippen LogP contribution in [0.2, 0.25) is 5.02 Å². The lowest BCUT2D eigenvalue weighted by Crippen LogP contribution is -2.48. The molecule has 0 N–H and O–H groups in total. The molecule has 0 atom stereocenters. The maximum absolute atomic E-state index is 13.0. The molecule has 5 nitrogen and oxygen atoms in total. The summed E-state index contributed by atoms with van der Waals surface area (Å²) in [6, 6.07) is 13.5. The number of sulfonamides is 1. The van der Waals surface area contributed by atoms with Crippen LogP contribution in [0, 0.1) is 0 Å². The van der Waals surface area contributed by atoms with E-state index < -0.39 is 10.0 Å². The Bertz CT molecular complexity index is 1160. The molecule has 2 aromatic carbocycles. The van der Waals surface area contributed by atoms with Crippen LogP contribution in [0.4, 0.5) is 5.13 Å². The standard InChI is InChI=1S/C22H23BrClN3O2S2/c1-2-16-3-5-17(6-4-16)13-19-15-30-22(25-19)26-9-11-27(12-10-26)31(28,29)21-8-7-18(23)14-20(21)24/h3-8,14-15H,2,9-13H2,1H3. The van der Waals surface area contributed by atoms with Crippen molar-refractivity contribution in [2.75, 3.05) is 31.1 Å². The predicted octanol–water partition coefficient (Wildman–Crippen LogP) is 5.22. The van der Waals surface area contributed by atoms with Crippen molar-refractivity contribution in [1.29, 1.82) is 0 Å². The van der Waals surface area contributed by atoms with Gasteiger partial charge in [0.15, 0.2) is 5.13 Å². The summed E-state index contributed by atoms with van der Waals surface area (Å²) in [6.07, 6.45) is 1.84. The van der Waals surface area contributed by atoms with E-state index in [0.29, 0.717) is 26.2 Å². The molecule has 0 amide bonds. The van der Waals surface area contributed by atoms with Crippen LogP contribution in [0.5, 0.6) is 0 Å². The van der Waals surface area contributed by atoms with E-state index in [0.717, 1.165) is 28.1 Å². The molecule has 3 aromatic rings. The quantitative estimate of drug-likeness (QED) is 0.430. The second-order valence-electron chi connectivity index (χ2n) is 7.43. The summed E-state index contributed by atoms with van der Waals surface area (Å²) in [5, 5.41) is 3.26. The summed E-state index contributed by atoms with van der Waals surface area (Å²) in [6.45, 7) is 4.17. The number of halogens is 2. The minimum Gasteiger partial charge on any atom is -0.345 e. The Hall–Kier alpha value is -1.45. The molecule has 0 aliphatic carbocycles. The van der Waals surface area contributed by atoms with E-state index in [1.807, 2.05) is 0 Å². The Balaban J connectivity index is 1.39. The lowest BCUT2D eigenvalue weighted by Gasteiger charge is -2.34. The van der Waals surface area contributed by atoms with Gasteiger partial charge in [0, 0.05) is 42.5 Å². The van der Waals surface area contributed by atoms with Crippen molar-refractivity contribution in [3.8, 4) is 0 Å². The number of rotatable bonds is 6. The van der Waals surface area contributed by atoms with Gasteiger partial charge in [0.1, 0.15) is 4.90 Å². The lowest BCUT2D eigenvalue weighted by atomic mass is 10.1. The molecule has 1 aromatic heterocycles. The third kappa shape index (κ3) is 5.14. The van der Waals surface area contributed by atoms with E-state index in [-0.39, 0.29) is 9.92 Å². The highest BCUT2D eigenvalue weighted by molar-refractivity contribution is 9.10. The Morgan fingerprint density at radius 3 is 2.39 bits per heavy atom. The van der Waals surface area contributed by atoms with Crippen LogP contribution in [-0.4, -0.2) is 43.9 Å². The maximum atomic E-state index is 13.0. The fourth-order valence-electron chi connectivity index (χ4n) is 3.57. The molecule has 0 unspecified atom stereocenters. The molecule has 0 radical (unpaired) electrons. The first-order valence-corrected chi connectivity index (χ1v) is 13.6. The number of anilines is 1. The molecule has 0 bridgehead atoms. The Morgan fingerprint density at radius 2 is 1.74 bits per heavy atom. The fourth-order valence-corrected chi connectivity index (χ4v) is 6.88. The molecule has 1 saturated heterocycles. The minimum absolute atomic E-state index is 0.149. The van der Waals surface area contributed by atoms with Crippen molar-refractivity contribution in [2.45, 2.75) is 24.7 Å². The molecule has 1 fully saturated rings. The van der Waals surface area contributed by atoms with Crippen LogP contribution < -0.4 is 4.90 Å². The molecule has 2 heterocycles. The van der Waals surface area contributed by atoms with Gasteiger partial charge in [-0.05, 0) is 35.7 Å². The van der Waals surface area contributed by atoms with Gasteiger partial charge >= 0.3 is 0 Å². The van der Waals surface area contributed by atoms with Gasteiger partial charge in [-0.1, -0.05) is 58.7 Å². The largest absolute Gasteiger partial charge is 0.345 e. The monoisotopic (exact) mass is 539 g/mol. The number of piperazine rings is 1. The second kappa shape index (κ2) is 9.58. The molecule has 1 aliphatic rings. The molecule has 0 spiro atoms. The lowest BCUT2D eigenvalue weighted by molar-refractivity contribution is 0.384. The van der Waals surface area contributed by atoms with Gasteiger partial charge in [-0.3, -0.25) is 0 Å². The zero-order chi connectivity index (χ0) is 22.0. The van der Waals surface area contributed by atoms with E-state index in [1.165, 1.54) is 15.4 Å². The van der Waals surface area contributed by atoms with Crippen LogP contribution >= 0.6 is 38.9 Å². The third-order valence-corrected chi connectivity index (χ3v) is 9.20. The zero-order valence-electron chi connectivity index (χ0n) is 17.1. The van der Waals surface area contributed by atoms with Gasteiger partial charge in [-0.25, -0.2) is 13.4 Å². The van der Waals surface area contributed by atoms with Crippen LogP contribution in [-0.2, 0) is 22.9 Å². The average molecular weight is 541 g/mol. The number of benzene rings is 2. The Kier molecular flexibility index (Phi) is 7.03. The normalized spacial score (nSPS) is 15.4. The Labute approximate surface area is 200 Å². The average Bonchev–Trinajstić information content (AvgIpc) is 3.22. The van der Waals surface area contributed by atoms with E-state index in [2.05, 4.69) is 57.4 Å². The second-order valence-corrected chi connectivity index (χ2v) is 11.5. The molecule has 4 rings (SSSR count). The van der Waals surface area contributed by atoms with Gasteiger partial charge < -0.3 is 4.90 Å². The third-order valence-electron chi connectivity index (χ3n) is 5.38. The predicted molar refractivity (Wildman–Crippen MR) is 131 cm³/mol. The number of hydrogen-bond donors (Lipinski definition) is 0. The number of aromatic nitrogens is 1. The van der Waals surface area contributed by atoms with Gasteiger partial charge in [0.2, 0.25) is 10.0 Å². The number of aryl methyl sites for hydroxylation is 1. The van der Waals surface area contributed by atoms with Crippen LogP contribution in [0.25, 0.3) is 0 Å². The van der Waals surface area contributed by atoms with Gasteiger partial charge in [0.05, 0.1) is 10.7 Å². The van der Waals surface area contributed by atoms with Crippen LogP contribution in [0.1, 0.15) is 23.7 Å². The number of thiazole rings is 1. The molecular formula is C22H23BrClN3O2S2. The van der Waals surface area contributed by atoms with Crippen molar-refractivity contribution < 1.29 is 8.42 Å². The van der Waals surface area contributed by atoms with Crippen molar-refractivity contribution in [1.82, 2.24) is 9.29 Å². The molecular weight excluding hydrogens is 518 g/mol. The fraction of sp³-hybridized carbons (Fsp3) is 0.318. The summed E-state index contributed by atoms with van der Waals surface area (Å²) >= 11 is 11.1. The van der Waals surface area contributed by atoms with E-state index in [4.69, 9.17) is 16.6 Å². The summed E-state index contributed by atoms with van der Waals surface area (Å²) in [5.41, 5.74) is 3.62. The summed E-state index contributed by atoms with van der Waals surface area (Å²) in [4.78, 5) is 7.10. The summed E-state index contributed by atoms with van der Waals surface area (Å²) in [7, 11) is -3.62.